The molecule has 2 aliphatic rings. The highest BCUT2D eigenvalue weighted by molar-refractivity contribution is 4.99. The summed E-state index contributed by atoms with van der Waals surface area (Å²) in [5, 5.41) is 61.7. The highest BCUT2D eigenvalue weighted by Gasteiger charge is 2.50. The van der Waals surface area contributed by atoms with Crippen LogP contribution in [0, 0.1) is 0 Å². The Morgan fingerprint density at radius 2 is 1.58 bits per heavy atom. The third-order valence-electron chi connectivity index (χ3n) is 6.43. The van der Waals surface area contributed by atoms with Gasteiger partial charge in [0.05, 0.1) is 37.1 Å². The van der Waals surface area contributed by atoms with Crippen molar-refractivity contribution < 1.29 is 49.6 Å². The second-order valence-corrected chi connectivity index (χ2v) is 8.74. The zero-order valence-corrected chi connectivity index (χ0v) is 18.8. The monoisotopic (exact) mass is 484 g/mol. The van der Waals surface area contributed by atoms with Gasteiger partial charge in [0.15, 0.2) is 6.29 Å². The summed E-state index contributed by atoms with van der Waals surface area (Å²) < 4.78 is 21.9. The number of methoxy groups -OCH3 is 1. The zero-order valence-electron chi connectivity index (χ0n) is 18.8. The molecule has 14 heteroatoms. The summed E-state index contributed by atoms with van der Waals surface area (Å²) in [6.45, 7) is 0.902. The molecule has 13 atom stereocenters. The van der Waals surface area contributed by atoms with Gasteiger partial charge in [-0.1, -0.05) is 0 Å². The molecule has 1 aliphatic carbocycles. The average Bonchev–Trinajstić information content (AvgIpc) is 3.09. The minimum Gasteiger partial charge on any atom is -0.394 e. The first-order valence-electron chi connectivity index (χ1n) is 11.0. The van der Waals surface area contributed by atoms with Crippen molar-refractivity contribution in [1.29, 1.82) is 0 Å². The number of aliphatic hydroxyl groups excluding tert-OH is 6. The van der Waals surface area contributed by atoms with Crippen LogP contribution >= 0.6 is 0 Å². The first kappa shape index (κ1) is 28.7. The molecule has 1 saturated carbocycles. The lowest BCUT2D eigenvalue weighted by molar-refractivity contribution is -0.241. The molecule has 0 radical (unpaired) electrons. The number of ether oxygens (including phenoxy) is 4. The average molecular weight is 485 g/mol. The molecule has 0 aromatic heterocycles. The quantitative estimate of drug-likeness (QED) is 0.131. The zero-order chi connectivity index (χ0) is 25.0. The Morgan fingerprint density at radius 1 is 1.00 bits per heavy atom. The SMILES string of the molecule is COC(CN)C(O)C(O)C(N)C(C)OC1C(CO)OC(OC2C(O)C(N)CC(N)C2O)C1O. The molecule has 2 rings (SSSR count). The molecule has 14 nitrogen and oxygen atoms in total. The van der Waals surface area contributed by atoms with Crippen LogP contribution in [0.5, 0.6) is 0 Å². The van der Waals surface area contributed by atoms with Gasteiger partial charge >= 0.3 is 0 Å². The molecule has 0 amide bonds. The van der Waals surface area contributed by atoms with Crippen molar-refractivity contribution in [2.75, 3.05) is 20.3 Å². The maximum absolute atomic E-state index is 10.7. The standard InChI is InChI=1S/C19H40N4O10/c1-6(11(23)15(28)14(27)9(4-20)30-2)31-17-10(5-24)32-19(16(17)29)33-18-12(25)7(21)3-8(22)13(18)26/h6-19,24-29H,3-5,20-23H2,1-2H3. The maximum Gasteiger partial charge on any atom is 0.187 e. The van der Waals surface area contributed by atoms with E-state index in [0.29, 0.717) is 0 Å². The first-order chi connectivity index (χ1) is 15.5. The van der Waals surface area contributed by atoms with Gasteiger partial charge in [0.1, 0.15) is 36.6 Å². The van der Waals surface area contributed by atoms with E-state index in [9.17, 15) is 30.6 Å². The van der Waals surface area contributed by atoms with E-state index in [0.717, 1.165) is 0 Å². The van der Waals surface area contributed by atoms with Gasteiger partial charge in [-0.15, -0.1) is 0 Å². The molecule has 0 bridgehead atoms. The molecular formula is C19H40N4O10. The Hall–Kier alpha value is -0.560. The Morgan fingerprint density at radius 3 is 2.06 bits per heavy atom. The fourth-order valence-electron chi connectivity index (χ4n) is 4.17. The molecule has 33 heavy (non-hydrogen) atoms. The lowest BCUT2D eigenvalue weighted by Crippen LogP contribution is -2.63. The minimum absolute atomic E-state index is 0.0519. The van der Waals surface area contributed by atoms with Crippen molar-refractivity contribution >= 4 is 0 Å². The van der Waals surface area contributed by atoms with Gasteiger partial charge in [0.25, 0.3) is 0 Å². The van der Waals surface area contributed by atoms with E-state index in [1.54, 1.807) is 0 Å². The van der Waals surface area contributed by atoms with E-state index < -0.39 is 92.1 Å². The van der Waals surface area contributed by atoms with E-state index in [2.05, 4.69) is 0 Å². The van der Waals surface area contributed by atoms with E-state index in [-0.39, 0.29) is 13.0 Å². The molecule has 0 aromatic rings. The van der Waals surface area contributed by atoms with Gasteiger partial charge in [-0.2, -0.15) is 0 Å². The lowest BCUT2D eigenvalue weighted by Gasteiger charge is -2.41. The van der Waals surface area contributed by atoms with Gasteiger partial charge < -0.3 is 72.5 Å². The minimum atomic E-state index is -1.47. The van der Waals surface area contributed by atoms with Gasteiger partial charge in [-0.3, -0.25) is 0 Å². The molecule has 13 unspecified atom stereocenters. The van der Waals surface area contributed by atoms with Crippen LogP contribution in [-0.4, -0.2) is 136 Å². The van der Waals surface area contributed by atoms with E-state index in [1.807, 2.05) is 0 Å². The van der Waals surface area contributed by atoms with Gasteiger partial charge in [-0.05, 0) is 13.3 Å². The fraction of sp³-hybridized carbons (Fsp3) is 1.00. The number of hydrogen-bond acceptors (Lipinski definition) is 14. The summed E-state index contributed by atoms with van der Waals surface area (Å²) in [6, 6.07) is -2.61. The topological polar surface area (TPSA) is 262 Å². The largest absolute Gasteiger partial charge is 0.394 e. The summed E-state index contributed by atoms with van der Waals surface area (Å²) in [4.78, 5) is 0. The van der Waals surface area contributed by atoms with Gasteiger partial charge in [0.2, 0.25) is 0 Å². The van der Waals surface area contributed by atoms with Crippen LogP contribution in [0.2, 0.25) is 0 Å². The van der Waals surface area contributed by atoms with Crippen LogP contribution in [0.15, 0.2) is 0 Å². The number of hydrogen-bond donors (Lipinski definition) is 10. The highest BCUT2D eigenvalue weighted by atomic mass is 16.7. The van der Waals surface area contributed by atoms with Gasteiger partial charge in [0, 0.05) is 25.7 Å². The van der Waals surface area contributed by atoms with Crippen molar-refractivity contribution in [2.24, 2.45) is 22.9 Å². The highest BCUT2D eigenvalue weighted by Crippen LogP contribution is 2.30. The lowest BCUT2D eigenvalue weighted by atomic mass is 9.84. The van der Waals surface area contributed by atoms with E-state index in [4.69, 9.17) is 41.9 Å². The number of nitrogens with two attached hydrogens (primary N) is 4. The van der Waals surface area contributed by atoms with Crippen LogP contribution in [0.25, 0.3) is 0 Å². The Bertz CT molecular complexity index is 577. The van der Waals surface area contributed by atoms with Gasteiger partial charge in [-0.25, -0.2) is 0 Å². The molecule has 14 N–H and O–H groups in total. The van der Waals surface area contributed by atoms with Crippen molar-refractivity contribution in [2.45, 2.75) is 98.8 Å². The molecule has 196 valence electrons. The third-order valence-corrected chi connectivity index (χ3v) is 6.43. The fourth-order valence-corrected chi connectivity index (χ4v) is 4.17. The van der Waals surface area contributed by atoms with Crippen LogP contribution in [-0.2, 0) is 18.9 Å². The molecule has 2 fully saturated rings. The normalized spacial score (nSPS) is 42.0. The molecule has 0 aromatic carbocycles. The van der Waals surface area contributed by atoms with Crippen molar-refractivity contribution in [1.82, 2.24) is 0 Å². The van der Waals surface area contributed by atoms with E-state index in [1.165, 1.54) is 14.0 Å². The summed E-state index contributed by atoms with van der Waals surface area (Å²) in [5.41, 5.74) is 23.2. The van der Waals surface area contributed by atoms with Crippen LogP contribution < -0.4 is 22.9 Å². The van der Waals surface area contributed by atoms with Crippen LogP contribution in [0.3, 0.4) is 0 Å². The summed E-state index contributed by atoms with van der Waals surface area (Å²) in [7, 11) is 1.33. The predicted octanol–water partition coefficient (Wildman–Crippen LogP) is -5.97. The van der Waals surface area contributed by atoms with Crippen LogP contribution in [0.4, 0.5) is 0 Å². The second kappa shape index (κ2) is 12.4. The maximum atomic E-state index is 10.7. The molecule has 0 spiro atoms. The second-order valence-electron chi connectivity index (χ2n) is 8.74. The predicted molar refractivity (Wildman–Crippen MR) is 113 cm³/mol. The third kappa shape index (κ3) is 6.36. The molecule has 1 heterocycles. The van der Waals surface area contributed by atoms with Crippen LogP contribution in [0.1, 0.15) is 13.3 Å². The molecular weight excluding hydrogens is 444 g/mol. The summed E-state index contributed by atoms with van der Waals surface area (Å²) in [5.74, 6) is 0. The Balaban J connectivity index is 2.05. The summed E-state index contributed by atoms with van der Waals surface area (Å²) >= 11 is 0. The summed E-state index contributed by atoms with van der Waals surface area (Å²) in [6.07, 6.45) is -13.2. The Kier molecular flexibility index (Phi) is 10.8. The number of rotatable bonds is 11. The van der Waals surface area contributed by atoms with E-state index >= 15 is 0 Å². The number of aliphatic hydroxyl groups is 6. The van der Waals surface area contributed by atoms with Crippen molar-refractivity contribution in [3.8, 4) is 0 Å². The Labute approximate surface area is 192 Å². The first-order valence-corrected chi connectivity index (χ1v) is 11.0. The molecule has 1 saturated heterocycles. The van der Waals surface area contributed by atoms with Crippen molar-refractivity contribution in [3.63, 3.8) is 0 Å². The molecule has 1 aliphatic heterocycles. The smallest absolute Gasteiger partial charge is 0.187 e. The van der Waals surface area contributed by atoms with Crippen molar-refractivity contribution in [3.05, 3.63) is 0 Å².